The quantitative estimate of drug-likeness (QED) is 0.795. The van der Waals surface area contributed by atoms with Crippen LogP contribution in [0.25, 0.3) is 0 Å². The van der Waals surface area contributed by atoms with E-state index in [0.717, 1.165) is 41.0 Å². The van der Waals surface area contributed by atoms with Crippen LogP contribution in [0, 0.1) is 6.92 Å². The molecule has 1 aliphatic rings. The normalized spacial score (nSPS) is 17.5. The first-order valence-corrected chi connectivity index (χ1v) is 11.5. The zero-order valence-corrected chi connectivity index (χ0v) is 17.8. The third kappa shape index (κ3) is 4.33. The van der Waals surface area contributed by atoms with E-state index in [1.54, 1.807) is 25.1 Å². The molecule has 0 heterocycles. The van der Waals surface area contributed by atoms with Crippen LogP contribution in [0.5, 0.6) is 0 Å². The van der Waals surface area contributed by atoms with Crippen molar-refractivity contribution in [3.05, 3.63) is 64.2 Å². The summed E-state index contributed by atoms with van der Waals surface area (Å²) >= 11 is 6.18. The number of fused-ring (bicyclic) bond motifs is 1. The molecule has 1 N–H and O–H groups in total. The maximum absolute atomic E-state index is 13.0. The highest BCUT2D eigenvalue weighted by Gasteiger charge is 2.31. The van der Waals surface area contributed by atoms with Crippen LogP contribution in [0.1, 0.15) is 42.5 Å². The molecule has 0 radical (unpaired) electrons. The molecule has 0 saturated carbocycles. The van der Waals surface area contributed by atoms with Gasteiger partial charge in [0.15, 0.2) is 0 Å². The third-order valence-electron chi connectivity index (χ3n) is 5.18. The minimum absolute atomic E-state index is 0.108. The second-order valence-electron chi connectivity index (χ2n) is 7.32. The molecular weight excluding hydrogens is 396 g/mol. The Bertz CT molecular complexity index is 991. The first-order chi connectivity index (χ1) is 13.2. The fraction of sp³-hybridized carbons (Fsp3) is 0.381. The van der Waals surface area contributed by atoms with E-state index in [9.17, 15) is 13.2 Å². The van der Waals surface area contributed by atoms with Crippen LogP contribution in [-0.4, -0.2) is 26.6 Å². The standard InChI is InChI=1S/C21H25ClN2O3S/c1-14-11-12-17(13-19(14)22)24(28(3,26)27)15(2)21(25)23-20-10-6-8-16-7-4-5-9-18(16)20/h4-5,7,9,11-13,15,20H,6,8,10H2,1-3H3,(H,23,25). The van der Waals surface area contributed by atoms with Gasteiger partial charge in [-0.1, -0.05) is 41.9 Å². The second-order valence-corrected chi connectivity index (χ2v) is 9.59. The number of rotatable bonds is 5. The Balaban J connectivity index is 1.86. The molecule has 1 aliphatic carbocycles. The van der Waals surface area contributed by atoms with Crippen molar-refractivity contribution >= 4 is 33.2 Å². The van der Waals surface area contributed by atoms with Crippen LogP contribution in [0.4, 0.5) is 5.69 Å². The van der Waals surface area contributed by atoms with E-state index in [2.05, 4.69) is 11.4 Å². The summed E-state index contributed by atoms with van der Waals surface area (Å²) in [5.74, 6) is -0.330. The van der Waals surface area contributed by atoms with Crippen LogP contribution in [0.3, 0.4) is 0 Å². The number of carbonyl (C=O) groups excluding carboxylic acids is 1. The van der Waals surface area contributed by atoms with Gasteiger partial charge >= 0.3 is 0 Å². The fourth-order valence-corrected chi connectivity index (χ4v) is 5.07. The summed E-state index contributed by atoms with van der Waals surface area (Å²) in [5.41, 5.74) is 3.56. The number of amides is 1. The lowest BCUT2D eigenvalue weighted by molar-refractivity contribution is -0.122. The van der Waals surface area contributed by atoms with Gasteiger partial charge in [0.1, 0.15) is 6.04 Å². The molecule has 2 aromatic carbocycles. The summed E-state index contributed by atoms with van der Waals surface area (Å²) < 4.78 is 26.1. The van der Waals surface area contributed by atoms with Gasteiger partial charge in [0.2, 0.25) is 15.9 Å². The molecule has 5 nitrogen and oxygen atoms in total. The molecule has 2 aromatic rings. The van der Waals surface area contributed by atoms with Crippen LogP contribution >= 0.6 is 11.6 Å². The minimum Gasteiger partial charge on any atom is -0.347 e. The molecule has 0 aliphatic heterocycles. The average molecular weight is 421 g/mol. The van der Waals surface area contributed by atoms with Gasteiger partial charge in [-0.25, -0.2) is 8.42 Å². The van der Waals surface area contributed by atoms with Crippen molar-refractivity contribution in [2.75, 3.05) is 10.6 Å². The zero-order valence-electron chi connectivity index (χ0n) is 16.3. The van der Waals surface area contributed by atoms with Crippen LogP contribution in [0.2, 0.25) is 5.02 Å². The van der Waals surface area contributed by atoms with Gasteiger partial charge in [0.25, 0.3) is 0 Å². The van der Waals surface area contributed by atoms with Crippen LogP contribution in [-0.2, 0) is 21.2 Å². The van der Waals surface area contributed by atoms with Gasteiger partial charge in [-0.05, 0) is 61.9 Å². The molecule has 3 rings (SSSR count). The summed E-state index contributed by atoms with van der Waals surface area (Å²) in [7, 11) is -3.68. The third-order valence-corrected chi connectivity index (χ3v) is 6.83. The number of halogens is 1. The lowest BCUT2D eigenvalue weighted by Crippen LogP contribution is -2.49. The summed E-state index contributed by atoms with van der Waals surface area (Å²) in [6, 6.07) is 12.1. The molecular formula is C21H25ClN2O3S. The number of hydrogen-bond acceptors (Lipinski definition) is 3. The number of anilines is 1. The van der Waals surface area contributed by atoms with Crippen molar-refractivity contribution in [3.63, 3.8) is 0 Å². The number of sulfonamides is 1. The molecule has 0 bridgehead atoms. The molecule has 0 spiro atoms. The molecule has 1 amide bonds. The predicted molar refractivity (Wildman–Crippen MR) is 113 cm³/mol. The Morgan fingerprint density at radius 2 is 1.96 bits per heavy atom. The van der Waals surface area contributed by atoms with Gasteiger partial charge in [0, 0.05) is 5.02 Å². The Kier molecular flexibility index (Phi) is 6.01. The Labute approximate surface area is 171 Å². The Morgan fingerprint density at radius 1 is 1.25 bits per heavy atom. The summed E-state index contributed by atoms with van der Waals surface area (Å²) in [6.07, 6.45) is 3.92. The average Bonchev–Trinajstić information content (AvgIpc) is 2.64. The summed E-state index contributed by atoms with van der Waals surface area (Å²) in [6.45, 7) is 3.44. The highest BCUT2D eigenvalue weighted by molar-refractivity contribution is 7.92. The Morgan fingerprint density at radius 3 is 2.64 bits per heavy atom. The molecule has 0 saturated heterocycles. The van der Waals surface area contributed by atoms with Crippen molar-refractivity contribution < 1.29 is 13.2 Å². The highest BCUT2D eigenvalue weighted by atomic mass is 35.5. The van der Waals surface area contributed by atoms with Gasteiger partial charge < -0.3 is 5.32 Å². The topological polar surface area (TPSA) is 66.5 Å². The molecule has 2 atom stereocenters. The monoisotopic (exact) mass is 420 g/mol. The Hall–Kier alpha value is -2.05. The zero-order chi connectivity index (χ0) is 20.5. The van der Waals surface area contributed by atoms with Crippen LogP contribution < -0.4 is 9.62 Å². The molecule has 150 valence electrons. The van der Waals surface area contributed by atoms with Crippen molar-refractivity contribution in [2.24, 2.45) is 0 Å². The minimum atomic E-state index is -3.68. The summed E-state index contributed by atoms with van der Waals surface area (Å²) in [5, 5.41) is 3.50. The number of hydrogen-bond donors (Lipinski definition) is 1. The van der Waals surface area contributed by atoms with Crippen molar-refractivity contribution in [1.82, 2.24) is 5.32 Å². The van der Waals surface area contributed by atoms with Crippen LogP contribution in [0.15, 0.2) is 42.5 Å². The van der Waals surface area contributed by atoms with Crippen molar-refractivity contribution in [1.29, 1.82) is 0 Å². The van der Waals surface area contributed by atoms with Crippen molar-refractivity contribution in [2.45, 2.75) is 45.2 Å². The van der Waals surface area contributed by atoms with Crippen molar-refractivity contribution in [3.8, 4) is 0 Å². The molecule has 0 fully saturated rings. The number of carbonyl (C=O) groups is 1. The maximum Gasteiger partial charge on any atom is 0.244 e. The first kappa shape index (κ1) is 20.7. The fourth-order valence-electron chi connectivity index (χ4n) is 3.72. The van der Waals surface area contributed by atoms with Gasteiger partial charge in [-0.2, -0.15) is 0 Å². The molecule has 7 heteroatoms. The molecule has 2 unspecified atom stereocenters. The lowest BCUT2D eigenvalue weighted by Gasteiger charge is -2.32. The number of nitrogens with zero attached hydrogens (tertiary/aromatic N) is 1. The second kappa shape index (κ2) is 8.13. The SMILES string of the molecule is Cc1ccc(N(C(C)C(=O)NC2CCCc3ccccc32)S(C)(=O)=O)cc1Cl. The summed E-state index contributed by atoms with van der Waals surface area (Å²) in [4.78, 5) is 13.0. The first-order valence-electron chi connectivity index (χ1n) is 9.32. The lowest BCUT2D eigenvalue weighted by atomic mass is 9.87. The van der Waals surface area contributed by atoms with E-state index in [0.29, 0.717) is 10.7 Å². The van der Waals surface area contributed by atoms with Gasteiger partial charge in [-0.15, -0.1) is 0 Å². The smallest absolute Gasteiger partial charge is 0.244 e. The maximum atomic E-state index is 13.0. The number of aryl methyl sites for hydroxylation is 2. The molecule has 0 aromatic heterocycles. The number of nitrogens with one attached hydrogen (secondary N) is 1. The van der Waals surface area contributed by atoms with Gasteiger partial charge in [-0.3, -0.25) is 9.10 Å². The largest absolute Gasteiger partial charge is 0.347 e. The predicted octanol–water partition coefficient (Wildman–Crippen LogP) is 4.00. The number of benzene rings is 2. The van der Waals surface area contributed by atoms with E-state index in [-0.39, 0.29) is 11.9 Å². The van der Waals surface area contributed by atoms with E-state index >= 15 is 0 Å². The van der Waals surface area contributed by atoms with Gasteiger partial charge in [0.05, 0.1) is 18.0 Å². The van der Waals surface area contributed by atoms with E-state index in [1.165, 1.54) is 5.56 Å². The van der Waals surface area contributed by atoms with E-state index < -0.39 is 16.1 Å². The van der Waals surface area contributed by atoms with E-state index in [1.807, 2.05) is 25.1 Å². The molecule has 28 heavy (non-hydrogen) atoms. The van der Waals surface area contributed by atoms with E-state index in [4.69, 9.17) is 11.6 Å². The highest BCUT2D eigenvalue weighted by Crippen LogP contribution is 2.30.